The number of benzene rings is 3. The van der Waals surface area contributed by atoms with Crippen molar-refractivity contribution in [2.45, 2.75) is 73.3 Å². The van der Waals surface area contributed by atoms with Crippen molar-refractivity contribution in [3.63, 3.8) is 0 Å². The van der Waals surface area contributed by atoms with E-state index in [1.165, 1.54) is 30.4 Å². The Morgan fingerprint density at radius 3 is 1.90 bits per heavy atom. The molecule has 4 aromatic rings. The molecule has 0 saturated heterocycles. The average Bonchev–Trinajstić information content (AvgIpc) is 2.98. The average molecular weight is 567 g/mol. The van der Waals surface area contributed by atoms with Crippen LogP contribution in [-0.2, 0) is 4.74 Å². The maximum atomic E-state index is 10.4. The lowest BCUT2D eigenvalue weighted by Crippen LogP contribution is -2.25. The molecule has 0 fully saturated rings. The molecule has 4 rings (SSSR count). The fourth-order valence-corrected chi connectivity index (χ4v) is 5.02. The largest absolute Gasteiger partial charge is 0.491 e. The zero-order valence-electron chi connectivity index (χ0n) is 25.9. The lowest BCUT2D eigenvalue weighted by atomic mass is 10.0. The molecule has 2 unspecified atom stereocenters. The Hall–Kier alpha value is -3.61. The van der Waals surface area contributed by atoms with E-state index in [4.69, 9.17) is 24.4 Å². The molecule has 0 saturated carbocycles. The Kier molecular flexibility index (Phi) is 11.2. The summed E-state index contributed by atoms with van der Waals surface area (Å²) in [6.45, 7) is 13.8. The number of aliphatic hydroxyl groups excluding tert-OH is 1. The third-order valence-corrected chi connectivity index (χ3v) is 7.56. The van der Waals surface area contributed by atoms with E-state index >= 15 is 0 Å². The molecule has 6 heteroatoms. The van der Waals surface area contributed by atoms with Gasteiger partial charge in [0.05, 0.1) is 6.61 Å². The number of nitrogens with zero attached hydrogens (tertiary/aromatic N) is 3. The third kappa shape index (κ3) is 8.46. The molecule has 0 aliphatic carbocycles. The minimum absolute atomic E-state index is 0.151. The molecule has 0 aliphatic heterocycles. The zero-order valence-corrected chi connectivity index (χ0v) is 25.9. The first-order valence-corrected chi connectivity index (χ1v) is 15.1. The normalized spacial score (nSPS) is 12.7. The van der Waals surface area contributed by atoms with Crippen molar-refractivity contribution < 1.29 is 14.6 Å². The van der Waals surface area contributed by atoms with Crippen molar-refractivity contribution in [2.24, 2.45) is 5.92 Å². The number of aromatic nitrogens is 3. The van der Waals surface area contributed by atoms with E-state index in [9.17, 15) is 5.11 Å². The standard InChI is InChI=1S/C36H44N3O3/c1-7-9-10-28(8-2)21-41-22-30(40)23-42-31-15-13-29(14-16-31)34-37-35(32-17-11-24(3)19-26(32)5)39-36(38-34)33-18-12-25(4)20-27(33)6/h11-13,15-20,28,30,40H,7-10,21-23H2,1-6H3. The SMILES string of the molecule is CCCCC(CC)COCC(O)COc1c[c]c(-c2nc(-c3ccc(C)cc3C)nc(-c3ccc(C)cc3C)n2)cc1. The minimum atomic E-state index is -0.697. The lowest BCUT2D eigenvalue weighted by Gasteiger charge is -2.17. The van der Waals surface area contributed by atoms with Gasteiger partial charge in [-0.3, -0.25) is 0 Å². The van der Waals surface area contributed by atoms with Crippen LogP contribution in [0.5, 0.6) is 5.75 Å². The molecule has 0 amide bonds. The Labute approximate surface area is 251 Å². The summed E-state index contributed by atoms with van der Waals surface area (Å²) in [5.41, 5.74) is 7.29. The van der Waals surface area contributed by atoms with Gasteiger partial charge in [0, 0.05) is 23.3 Å². The Bertz CT molecular complexity index is 1380. The van der Waals surface area contributed by atoms with Gasteiger partial charge in [-0.25, -0.2) is 15.0 Å². The van der Waals surface area contributed by atoms with Crippen LogP contribution in [0.4, 0.5) is 0 Å². The first kappa shape index (κ1) is 31.3. The Morgan fingerprint density at radius 2 is 1.38 bits per heavy atom. The summed E-state index contributed by atoms with van der Waals surface area (Å²) < 4.78 is 11.6. The van der Waals surface area contributed by atoms with E-state index in [1.54, 1.807) is 6.07 Å². The first-order chi connectivity index (χ1) is 20.3. The number of ether oxygens (including phenoxy) is 2. The second-order valence-corrected chi connectivity index (χ2v) is 11.3. The first-order valence-electron chi connectivity index (χ1n) is 15.1. The van der Waals surface area contributed by atoms with E-state index in [0.29, 0.717) is 35.7 Å². The topological polar surface area (TPSA) is 77.4 Å². The van der Waals surface area contributed by atoms with E-state index < -0.39 is 6.10 Å². The van der Waals surface area contributed by atoms with Crippen LogP contribution >= 0.6 is 0 Å². The fraction of sp³-hybridized carbons (Fsp3) is 0.417. The van der Waals surface area contributed by atoms with Crippen molar-refractivity contribution in [2.75, 3.05) is 19.8 Å². The summed E-state index contributed by atoms with van der Waals surface area (Å²) in [4.78, 5) is 14.6. The summed E-state index contributed by atoms with van der Waals surface area (Å²) in [7, 11) is 0. The summed E-state index contributed by atoms with van der Waals surface area (Å²) in [5.74, 6) is 2.96. The van der Waals surface area contributed by atoms with Crippen LogP contribution in [0.25, 0.3) is 34.2 Å². The highest BCUT2D eigenvalue weighted by Gasteiger charge is 2.16. The number of hydrogen-bond donors (Lipinski definition) is 1. The molecule has 0 spiro atoms. The van der Waals surface area contributed by atoms with Crippen molar-refractivity contribution in [3.05, 3.63) is 82.9 Å². The predicted octanol–water partition coefficient (Wildman–Crippen LogP) is 7.88. The highest BCUT2D eigenvalue weighted by atomic mass is 16.5. The highest BCUT2D eigenvalue weighted by Crippen LogP contribution is 2.29. The van der Waals surface area contributed by atoms with E-state index in [-0.39, 0.29) is 13.2 Å². The molecular weight excluding hydrogens is 522 g/mol. The molecule has 1 aromatic heterocycles. The number of aryl methyl sites for hydroxylation is 4. The second kappa shape index (κ2) is 15.0. The molecular formula is C36H44N3O3. The summed E-state index contributed by atoms with van der Waals surface area (Å²) in [6.07, 6.45) is 3.97. The van der Waals surface area contributed by atoms with Crippen LogP contribution in [0.2, 0.25) is 0 Å². The van der Waals surface area contributed by atoms with Gasteiger partial charge < -0.3 is 14.6 Å². The fourth-order valence-electron chi connectivity index (χ4n) is 5.02. The van der Waals surface area contributed by atoms with Crippen molar-refractivity contribution >= 4 is 0 Å². The maximum Gasteiger partial charge on any atom is 0.164 e. The molecule has 6 nitrogen and oxygen atoms in total. The van der Waals surface area contributed by atoms with Gasteiger partial charge in [-0.15, -0.1) is 0 Å². The predicted molar refractivity (Wildman–Crippen MR) is 170 cm³/mol. The molecule has 0 aliphatic rings. The van der Waals surface area contributed by atoms with Crippen molar-refractivity contribution in [1.29, 1.82) is 0 Å². The van der Waals surface area contributed by atoms with Crippen molar-refractivity contribution in [3.8, 4) is 39.9 Å². The highest BCUT2D eigenvalue weighted by molar-refractivity contribution is 5.69. The van der Waals surface area contributed by atoms with Gasteiger partial charge in [-0.05, 0) is 75.4 Å². The van der Waals surface area contributed by atoms with E-state index in [0.717, 1.165) is 34.2 Å². The van der Waals surface area contributed by atoms with Gasteiger partial charge in [0.1, 0.15) is 18.5 Å². The third-order valence-electron chi connectivity index (χ3n) is 7.56. The molecule has 1 N–H and O–H groups in total. The molecule has 221 valence electrons. The van der Waals surface area contributed by atoms with Gasteiger partial charge in [0.25, 0.3) is 0 Å². The molecule has 1 radical (unpaired) electrons. The summed E-state index contributed by atoms with van der Waals surface area (Å²) in [5, 5.41) is 10.4. The number of rotatable bonds is 14. The Morgan fingerprint density at radius 1 is 0.762 bits per heavy atom. The van der Waals surface area contributed by atoms with Crippen LogP contribution in [-0.4, -0.2) is 46.0 Å². The van der Waals surface area contributed by atoms with Crippen LogP contribution in [0.3, 0.4) is 0 Å². The summed E-state index contributed by atoms with van der Waals surface area (Å²) in [6, 6.07) is 21.4. The quantitative estimate of drug-likeness (QED) is 0.167. The van der Waals surface area contributed by atoms with Gasteiger partial charge >= 0.3 is 0 Å². The van der Waals surface area contributed by atoms with Gasteiger partial charge in [0.15, 0.2) is 17.5 Å². The van der Waals surface area contributed by atoms with Crippen LogP contribution < -0.4 is 4.74 Å². The van der Waals surface area contributed by atoms with Gasteiger partial charge in [-0.2, -0.15) is 0 Å². The molecule has 0 bridgehead atoms. The molecule has 42 heavy (non-hydrogen) atoms. The van der Waals surface area contributed by atoms with Crippen LogP contribution in [0.15, 0.2) is 54.6 Å². The summed E-state index contributed by atoms with van der Waals surface area (Å²) >= 11 is 0. The molecule has 2 atom stereocenters. The van der Waals surface area contributed by atoms with E-state index in [2.05, 4.69) is 84.0 Å². The number of unbranched alkanes of at least 4 members (excludes halogenated alkanes) is 1. The maximum absolute atomic E-state index is 10.4. The zero-order chi connectivity index (χ0) is 30.1. The van der Waals surface area contributed by atoms with Crippen LogP contribution in [0.1, 0.15) is 61.8 Å². The van der Waals surface area contributed by atoms with Gasteiger partial charge in [-0.1, -0.05) is 80.6 Å². The lowest BCUT2D eigenvalue weighted by molar-refractivity contribution is -0.00109. The second-order valence-electron chi connectivity index (χ2n) is 11.3. The number of aliphatic hydroxyl groups is 1. The molecule has 1 heterocycles. The molecule has 3 aromatic carbocycles. The van der Waals surface area contributed by atoms with Crippen molar-refractivity contribution in [1.82, 2.24) is 15.0 Å². The Balaban J connectivity index is 1.50. The number of hydrogen-bond acceptors (Lipinski definition) is 6. The van der Waals surface area contributed by atoms with Crippen LogP contribution in [0, 0.1) is 39.7 Å². The van der Waals surface area contributed by atoms with E-state index in [1.807, 2.05) is 12.1 Å². The monoisotopic (exact) mass is 566 g/mol. The minimum Gasteiger partial charge on any atom is -0.491 e. The van der Waals surface area contributed by atoms with Gasteiger partial charge in [0.2, 0.25) is 0 Å². The smallest absolute Gasteiger partial charge is 0.164 e.